The smallest absolute Gasteiger partial charge is 0.119 e. The van der Waals surface area contributed by atoms with Crippen molar-refractivity contribution >= 4 is 0 Å². The summed E-state index contributed by atoms with van der Waals surface area (Å²) in [7, 11) is 1.76. The Morgan fingerprint density at radius 3 is 2.62 bits per heavy atom. The molecule has 21 heavy (non-hydrogen) atoms. The fraction of sp³-hybridized carbons (Fsp3) is 0.684. The molecule has 0 heterocycles. The van der Waals surface area contributed by atoms with Crippen LogP contribution in [0.15, 0.2) is 24.3 Å². The van der Waals surface area contributed by atoms with Crippen molar-refractivity contribution in [3.05, 3.63) is 29.8 Å². The summed E-state index contributed by atoms with van der Waals surface area (Å²) in [5.74, 6) is 0.995. The lowest BCUT2D eigenvalue weighted by molar-refractivity contribution is 0.0270. The van der Waals surface area contributed by atoms with Crippen LogP contribution in [-0.2, 0) is 5.41 Å². The molecular formula is C19H29NO. The van der Waals surface area contributed by atoms with Crippen LogP contribution in [0.3, 0.4) is 0 Å². The van der Waals surface area contributed by atoms with E-state index in [9.17, 15) is 0 Å². The first-order valence-corrected chi connectivity index (χ1v) is 8.57. The second-order valence-corrected chi connectivity index (χ2v) is 7.25. The van der Waals surface area contributed by atoms with E-state index in [0.29, 0.717) is 10.8 Å². The van der Waals surface area contributed by atoms with Gasteiger partial charge in [0.15, 0.2) is 0 Å². The maximum Gasteiger partial charge on any atom is 0.119 e. The molecule has 1 aromatic rings. The molecule has 0 unspecified atom stereocenters. The normalized spacial score (nSPS) is 22.2. The first kappa shape index (κ1) is 14.9. The third kappa shape index (κ3) is 2.83. The van der Waals surface area contributed by atoms with Gasteiger partial charge in [-0.2, -0.15) is 0 Å². The molecule has 2 saturated carbocycles. The predicted octanol–water partition coefficient (Wildman–Crippen LogP) is 4.29. The van der Waals surface area contributed by atoms with Gasteiger partial charge in [0.2, 0.25) is 0 Å². The molecule has 2 heteroatoms. The topological polar surface area (TPSA) is 21.3 Å². The summed E-state index contributed by atoms with van der Waals surface area (Å²) in [6.45, 7) is 4.49. The molecule has 0 atom stereocenters. The molecule has 0 aromatic heterocycles. The van der Waals surface area contributed by atoms with Crippen LogP contribution in [0.25, 0.3) is 0 Å². The van der Waals surface area contributed by atoms with Gasteiger partial charge >= 0.3 is 0 Å². The van der Waals surface area contributed by atoms with Crippen molar-refractivity contribution < 1.29 is 4.74 Å². The minimum absolute atomic E-state index is 0.341. The molecule has 1 aromatic carbocycles. The van der Waals surface area contributed by atoms with E-state index in [0.717, 1.165) is 18.8 Å². The van der Waals surface area contributed by atoms with Gasteiger partial charge in [-0.1, -0.05) is 31.9 Å². The molecule has 0 amide bonds. The molecular weight excluding hydrogens is 258 g/mol. The van der Waals surface area contributed by atoms with Gasteiger partial charge in [0.25, 0.3) is 0 Å². The number of ether oxygens (including phenoxy) is 1. The summed E-state index contributed by atoms with van der Waals surface area (Å²) in [6.07, 6.45) is 9.72. The van der Waals surface area contributed by atoms with Crippen molar-refractivity contribution in [2.75, 3.05) is 20.2 Å². The average molecular weight is 287 g/mol. The fourth-order valence-electron chi connectivity index (χ4n) is 4.75. The third-order valence-corrected chi connectivity index (χ3v) is 5.66. The van der Waals surface area contributed by atoms with E-state index in [1.807, 2.05) is 0 Å². The van der Waals surface area contributed by atoms with Crippen molar-refractivity contribution in [1.82, 2.24) is 5.32 Å². The molecule has 0 radical (unpaired) electrons. The van der Waals surface area contributed by atoms with E-state index < -0.39 is 0 Å². The van der Waals surface area contributed by atoms with E-state index in [1.54, 1.807) is 7.11 Å². The van der Waals surface area contributed by atoms with Gasteiger partial charge in [-0.25, -0.2) is 0 Å². The van der Waals surface area contributed by atoms with E-state index in [1.165, 1.54) is 50.5 Å². The molecule has 2 nitrogen and oxygen atoms in total. The highest BCUT2D eigenvalue weighted by Crippen LogP contribution is 2.62. The van der Waals surface area contributed by atoms with Crippen LogP contribution in [-0.4, -0.2) is 20.2 Å². The second kappa shape index (κ2) is 6.00. The highest BCUT2D eigenvalue weighted by Gasteiger charge is 2.55. The second-order valence-electron chi connectivity index (χ2n) is 7.25. The molecule has 2 aliphatic carbocycles. The van der Waals surface area contributed by atoms with Crippen molar-refractivity contribution in [2.24, 2.45) is 5.41 Å². The first-order valence-electron chi connectivity index (χ1n) is 8.57. The zero-order valence-electron chi connectivity index (χ0n) is 13.6. The molecule has 116 valence electrons. The molecule has 0 aliphatic heterocycles. The van der Waals surface area contributed by atoms with Crippen LogP contribution < -0.4 is 10.1 Å². The Kier molecular flexibility index (Phi) is 4.26. The van der Waals surface area contributed by atoms with Gasteiger partial charge in [-0.15, -0.1) is 0 Å². The van der Waals surface area contributed by atoms with E-state index in [4.69, 9.17) is 4.74 Å². The van der Waals surface area contributed by atoms with E-state index in [-0.39, 0.29) is 0 Å². The number of methoxy groups -OCH3 is 1. The zero-order chi connectivity index (χ0) is 14.8. The van der Waals surface area contributed by atoms with Crippen LogP contribution >= 0.6 is 0 Å². The Morgan fingerprint density at radius 1 is 1.19 bits per heavy atom. The molecule has 1 N–H and O–H groups in total. The summed E-state index contributed by atoms with van der Waals surface area (Å²) >= 11 is 0. The lowest BCUT2D eigenvalue weighted by Gasteiger charge is -2.56. The lowest BCUT2D eigenvalue weighted by Crippen LogP contribution is -2.53. The highest BCUT2D eigenvalue weighted by atomic mass is 16.5. The van der Waals surface area contributed by atoms with Crippen molar-refractivity contribution in [3.63, 3.8) is 0 Å². The minimum Gasteiger partial charge on any atom is -0.497 e. The molecule has 0 saturated heterocycles. The highest BCUT2D eigenvalue weighted by molar-refractivity contribution is 5.37. The van der Waals surface area contributed by atoms with Gasteiger partial charge in [-0.05, 0) is 61.8 Å². The van der Waals surface area contributed by atoms with Crippen LogP contribution in [0.2, 0.25) is 0 Å². The molecule has 3 rings (SSSR count). The summed E-state index contributed by atoms with van der Waals surface area (Å²) < 4.78 is 5.44. The number of hydrogen-bond donors (Lipinski definition) is 1. The van der Waals surface area contributed by atoms with Crippen molar-refractivity contribution in [3.8, 4) is 5.75 Å². The first-order chi connectivity index (χ1) is 10.2. The zero-order valence-corrected chi connectivity index (χ0v) is 13.6. The number of rotatable bonds is 6. The van der Waals surface area contributed by atoms with Crippen molar-refractivity contribution in [1.29, 1.82) is 0 Å². The van der Waals surface area contributed by atoms with Gasteiger partial charge < -0.3 is 10.1 Å². The van der Waals surface area contributed by atoms with Crippen LogP contribution in [0.5, 0.6) is 5.75 Å². The summed E-state index contributed by atoms with van der Waals surface area (Å²) in [4.78, 5) is 0. The van der Waals surface area contributed by atoms with Gasteiger partial charge in [0, 0.05) is 12.0 Å². The number of benzene rings is 1. The van der Waals surface area contributed by atoms with Crippen LogP contribution in [0.1, 0.15) is 57.4 Å². The monoisotopic (exact) mass is 287 g/mol. The summed E-state index contributed by atoms with van der Waals surface area (Å²) in [5, 5.41) is 3.68. The molecule has 2 fully saturated rings. The maximum atomic E-state index is 5.44. The quantitative estimate of drug-likeness (QED) is 0.788. The Morgan fingerprint density at radius 2 is 1.95 bits per heavy atom. The minimum atomic E-state index is 0.341. The van der Waals surface area contributed by atoms with Crippen molar-refractivity contribution in [2.45, 2.75) is 57.3 Å². The molecule has 2 aliphatic rings. The Balaban J connectivity index is 1.79. The standard InChI is InChI=1S/C19H29NO/c1-3-11-20-15-19(13-18(14-19)9-4-5-10-18)16-7-6-8-17(12-16)21-2/h6-8,12,20H,3-5,9-11,13-15H2,1-2H3. The maximum absolute atomic E-state index is 5.44. The van der Waals surface area contributed by atoms with Gasteiger partial charge in [0.05, 0.1) is 7.11 Å². The molecule has 0 bridgehead atoms. The van der Waals surface area contributed by atoms with Gasteiger partial charge in [0.1, 0.15) is 5.75 Å². The largest absolute Gasteiger partial charge is 0.497 e. The Hall–Kier alpha value is -1.02. The number of hydrogen-bond acceptors (Lipinski definition) is 2. The SMILES string of the molecule is CCCNCC1(c2cccc(OC)c2)CC2(CCCC2)C1. The van der Waals surface area contributed by atoms with E-state index >= 15 is 0 Å². The summed E-state index contributed by atoms with van der Waals surface area (Å²) in [5.41, 5.74) is 2.48. The predicted molar refractivity (Wildman–Crippen MR) is 88.0 cm³/mol. The third-order valence-electron chi connectivity index (χ3n) is 5.66. The average Bonchev–Trinajstić information content (AvgIpc) is 2.96. The lowest BCUT2D eigenvalue weighted by atomic mass is 9.49. The molecule has 1 spiro atoms. The Bertz CT molecular complexity index is 468. The van der Waals surface area contributed by atoms with Gasteiger partial charge in [-0.3, -0.25) is 0 Å². The van der Waals surface area contributed by atoms with Crippen LogP contribution in [0.4, 0.5) is 0 Å². The van der Waals surface area contributed by atoms with Crippen LogP contribution in [0, 0.1) is 5.41 Å². The van der Waals surface area contributed by atoms with E-state index in [2.05, 4.69) is 36.5 Å². The number of nitrogens with one attached hydrogen (secondary N) is 1. The summed E-state index contributed by atoms with van der Waals surface area (Å²) in [6, 6.07) is 8.77. The Labute approximate surface area is 129 Å². The fourth-order valence-corrected chi connectivity index (χ4v) is 4.75.